The molecule has 0 aromatic heterocycles. The van der Waals surface area contributed by atoms with Crippen LogP contribution in [0.1, 0.15) is 65.0 Å². The quantitative estimate of drug-likeness (QED) is 0.858. The Hall–Kier alpha value is -2.04. The van der Waals surface area contributed by atoms with Crippen LogP contribution in [-0.4, -0.2) is 35.4 Å². The largest absolute Gasteiger partial charge is 0.491 e. The van der Waals surface area contributed by atoms with Gasteiger partial charge in [-0.15, -0.1) is 0 Å². The number of carbonyl (C=O) groups is 2. The second-order valence-corrected chi connectivity index (χ2v) is 7.09. The Morgan fingerprint density at radius 2 is 2.04 bits per heavy atom. The SMILES string of the molecule is CC(=O)N1CCCC[C@@H]1CC(=O)N[C@@H](C)c1cccc(OC(C)C)c1. The maximum absolute atomic E-state index is 12.4. The summed E-state index contributed by atoms with van der Waals surface area (Å²) in [6.45, 7) is 8.29. The summed E-state index contributed by atoms with van der Waals surface area (Å²) in [6, 6.07) is 7.74. The fourth-order valence-corrected chi connectivity index (χ4v) is 3.35. The third-order valence-electron chi connectivity index (χ3n) is 4.56. The Labute approximate surface area is 150 Å². The number of hydrogen-bond acceptors (Lipinski definition) is 3. The number of ether oxygens (including phenoxy) is 1. The first kappa shape index (κ1) is 19.3. The molecule has 0 saturated carbocycles. The topological polar surface area (TPSA) is 58.6 Å². The fourth-order valence-electron chi connectivity index (χ4n) is 3.35. The van der Waals surface area contributed by atoms with Gasteiger partial charge in [0.05, 0.1) is 12.1 Å². The van der Waals surface area contributed by atoms with Crippen molar-refractivity contribution in [3.8, 4) is 5.75 Å². The molecule has 1 aromatic carbocycles. The smallest absolute Gasteiger partial charge is 0.222 e. The van der Waals surface area contributed by atoms with Crippen LogP contribution < -0.4 is 10.1 Å². The number of carbonyl (C=O) groups excluding carboxylic acids is 2. The van der Waals surface area contributed by atoms with Gasteiger partial charge in [-0.25, -0.2) is 0 Å². The minimum absolute atomic E-state index is 0.0131. The van der Waals surface area contributed by atoms with Gasteiger partial charge in [-0.05, 0) is 57.7 Å². The summed E-state index contributed by atoms with van der Waals surface area (Å²) in [4.78, 5) is 26.0. The van der Waals surface area contributed by atoms with Gasteiger partial charge in [-0.3, -0.25) is 9.59 Å². The molecule has 0 bridgehead atoms. The lowest BCUT2D eigenvalue weighted by molar-refractivity contribution is -0.134. The molecule has 1 heterocycles. The Kier molecular flexibility index (Phi) is 6.85. The number of hydrogen-bond donors (Lipinski definition) is 1. The summed E-state index contributed by atoms with van der Waals surface area (Å²) in [5.74, 6) is 0.855. The van der Waals surface area contributed by atoms with Crippen molar-refractivity contribution in [1.82, 2.24) is 10.2 Å². The molecule has 0 unspecified atom stereocenters. The molecule has 2 rings (SSSR count). The minimum atomic E-state index is -0.0995. The molecule has 2 atom stereocenters. The molecule has 1 N–H and O–H groups in total. The average Bonchev–Trinajstić information content (AvgIpc) is 2.54. The maximum Gasteiger partial charge on any atom is 0.222 e. The van der Waals surface area contributed by atoms with Gasteiger partial charge >= 0.3 is 0 Å². The van der Waals surface area contributed by atoms with Crippen LogP contribution in [0, 0.1) is 0 Å². The van der Waals surface area contributed by atoms with Gasteiger partial charge in [0, 0.05) is 25.9 Å². The highest BCUT2D eigenvalue weighted by molar-refractivity contribution is 5.79. The van der Waals surface area contributed by atoms with Crippen LogP contribution in [0.25, 0.3) is 0 Å². The number of nitrogens with zero attached hydrogens (tertiary/aromatic N) is 1. The molecule has 0 spiro atoms. The molecule has 0 aliphatic carbocycles. The molecular weight excluding hydrogens is 316 g/mol. The highest BCUT2D eigenvalue weighted by atomic mass is 16.5. The van der Waals surface area contributed by atoms with Crippen molar-refractivity contribution in [2.45, 2.75) is 71.6 Å². The third-order valence-corrected chi connectivity index (χ3v) is 4.56. The highest BCUT2D eigenvalue weighted by Gasteiger charge is 2.26. The van der Waals surface area contributed by atoms with Crippen LogP contribution in [0.4, 0.5) is 0 Å². The van der Waals surface area contributed by atoms with Crippen molar-refractivity contribution in [3.05, 3.63) is 29.8 Å². The van der Waals surface area contributed by atoms with E-state index < -0.39 is 0 Å². The first-order chi connectivity index (χ1) is 11.9. The normalized spacial score (nSPS) is 18.8. The average molecular weight is 346 g/mol. The lowest BCUT2D eigenvalue weighted by Crippen LogP contribution is -2.45. The molecule has 1 fully saturated rings. The van der Waals surface area contributed by atoms with Crippen LogP contribution in [0.2, 0.25) is 0 Å². The highest BCUT2D eigenvalue weighted by Crippen LogP contribution is 2.22. The summed E-state index contributed by atoms with van der Waals surface area (Å²) in [5, 5.41) is 3.05. The zero-order valence-electron chi connectivity index (χ0n) is 15.7. The van der Waals surface area contributed by atoms with Gasteiger partial charge in [-0.2, -0.15) is 0 Å². The Balaban J connectivity index is 1.94. The molecule has 1 aliphatic heterocycles. The molecule has 1 aromatic rings. The number of nitrogens with one attached hydrogen (secondary N) is 1. The zero-order chi connectivity index (χ0) is 18.4. The molecule has 1 aliphatic rings. The van der Waals surface area contributed by atoms with Crippen molar-refractivity contribution < 1.29 is 14.3 Å². The molecule has 2 amide bonds. The Morgan fingerprint density at radius 1 is 1.28 bits per heavy atom. The molecule has 5 heteroatoms. The van der Waals surface area contributed by atoms with Gasteiger partial charge in [0.2, 0.25) is 11.8 Å². The summed E-state index contributed by atoms with van der Waals surface area (Å²) < 4.78 is 5.72. The summed E-state index contributed by atoms with van der Waals surface area (Å²) in [7, 11) is 0. The second kappa shape index (κ2) is 8.88. The first-order valence-corrected chi connectivity index (χ1v) is 9.20. The fraction of sp³-hybridized carbons (Fsp3) is 0.600. The maximum atomic E-state index is 12.4. The molecule has 25 heavy (non-hydrogen) atoms. The predicted octanol–water partition coefficient (Wildman–Crippen LogP) is 3.44. The minimum Gasteiger partial charge on any atom is -0.491 e. The lowest BCUT2D eigenvalue weighted by Gasteiger charge is -2.35. The number of piperidine rings is 1. The zero-order valence-corrected chi connectivity index (χ0v) is 15.7. The molecular formula is C20H30N2O3. The van der Waals surface area contributed by atoms with Gasteiger partial charge in [0.1, 0.15) is 5.75 Å². The van der Waals surface area contributed by atoms with E-state index in [9.17, 15) is 9.59 Å². The lowest BCUT2D eigenvalue weighted by atomic mass is 9.98. The third kappa shape index (κ3) is 5.76. The van der Waals surface area contributed by atoms with E-state index >= 15 is 0 Å². The number of benzene rings is 1. The number of amides is 2. The van der Waals surface area contributed by atoms with Crippen LogP contribution in [-0.2, 0) is 9.59 Å². The van der Waals surface area contributed by atoms with Crippen LogP contribution in [0.15, 0.2) is 24.3 Å². The van der Waals surface area contributed by atoms with Gasteiger partial charge in [0.15, 0.2) is 0 Å². The second-order valence-electron chi connectivity index (χ2n) is 7.09. The number of likely N-dealkylation sites (tertiary alicyclic amines) is 1. The monoisotopic (exact) mass is 346 g/mol. The Bertz CT molecular complexity index is 600. The van der Waals surface area contributed by atoms with E-state index in [1.54, 1.807) is 6.92 Å². The van der Waals surface area contributed by atoms with Gasteiger partial charge in [0.25, 0.3) is 0 Å². The van der Waals surface area contributed by atoms with Crippen molar-refractivity contribution >= 4 is 11.8 Å². The van der Waals surface area contributed by atoms with Gasteiger partial charge in [-0.1, -0.05) is 12.1 Å². The molecule has 1 saturated heterocycles. The van der Waals surface area contributed by atoms with Crippen molar-refractivity contribution in [1.29, 1.82) is 0 Å². The van der Waals surface area contributed by atoms with E-state index in [1.807, 2.05) is 49.9 Å². The van der Waals surface area contributed by atoms with Crippen LogP contribution in [0.3, 0.4) is 0 Å². The van der Waals surface area contributed by atoms with Crippen molar-refractivity contribution in [2.75, 3.05) is 6.54 Å². The predicted molar refractivity (Wildman–Crippen MR) is 98.4 cm³/mol. The number of rotatable bonds is 6. The molecule has 138 valence electrons. The summed E-state index contributed by atoms with van der Waals surface area (Å²) in [5.41, 5.74) is 1.01. The molecule has 0 radical (unpaired) electrons. The van der Waals surface area contributed by atoms with E-state index in [0.717, 1.165) is 37.1 Å². The standard InChI is InChI=1S/C20H30N2O3/c1-14(2)25-19-10-7-8-17(12-19)15(3)21-20(24)13-18-9-5-6-11-22(18)16(4)23/h7-8,10,12,14-15,18H,5-6,9,11,13H2,1-4H3,(H,21,24)/t15-,18+/m0/s1. The molecule has 5 nitrogen and oxygen atoms in total. The van der Waals surface area contributed by atoms with Gasteiger partial charge < -0.3 is 15.0 Å². The first-order valence-electron chi connectivity index (χ1n) is 9.20. The van der Waals surface area contributed by atoms with Crippen LogP contribution >= 0.6 is 0 Å². The van der Waals surface area contributed by atoms with E-state index in [4.69, 9.17) is 4.74 Å². The van der Waals surface area contributed by atoms with Crippen molar-refractivity contribution in [2.24, 2.45) is 0 Å². The van der Waals surface area contributed by atoms with E-state index in [-0.39, 0.29) is 30.0 Å². The summed E-state index contributed by atoms with van der Waals surface area (Å²) >= 11 is 0. The van der Waals surface area contributed by atoms with E-state index in [1.165, 1.54) is 0 Å². The van der Waals surface area contributed by atoms with E-state index in [0.29, 0.717) is 6.42 Å². The van der Waals surface area contributed by atoms with Crippen LogP contribution in [0.5, 0.6) is 5.75 Å². The van der Waals surface area contributed by atoms with Crippen molar-refractivity contribution in [3.63, 3.8) is 0 Å². The summed E-state index contributed by atoms with van der Waals surface area (Å²) in [6.07, 6.45) is 3.48. The van der Waals surface area contributed by atoms with E-state index in [2.05, 4.69) is 5.32 Å². The Morgan fingerprint density at radius 3 is 2.72 bits per heavy atom.